The Morgan fingerprint density at radius 1 is 1.15 bits per heavy atom. The van der Waals surface area contributed by atoms with E-state index in [-0.39, 0.29) is 11.3 Å². The molecule has 148 valence electrons. The second-order valence-electron chi connectivity index (χ2n) is 7.21. The molecule has 1 spiro atoms. The maximum atomic E-state index is 13.8. The molecule has 0 radical (unpaired) electrons. The largest absolute Gasteiger partial charge is 0.416 e. The number of hydrogen-bond acceptors (Lipinski definition) is 2. The molecule has 2 heterocycles. The van der Waals surface area contributed by atoms with Gasteiger partial charge in [0, 0.05) is 26.1 Å². The standard InChI is InChI=1S/C18H21F4N3O2/c19-13-2-1-12(18(20,21)22)11-14(13)24-16(27)25-9-6-17(7-10-25)4-3-15(26)23-8-5-17/h1-2,11H,3-10H2,(H,23,26)(H,24,27). The van der Waals surface area contributed by atoms with Crippen LogP contribution in [0, 0.1) is 11.2 Å². The van der Waals surface area contributed by atoms with Gasteiger partial charge in [0.1, 0.15) is 5.82 Å². The molecule has 2 N–H and O–H groups in total. The van der Waals surface area contributed by atoms with Crippen LogP contribution in [0.2, 0.25) is 0 Å². The lowest BCUT2D eigenvalue weighted by Crippen LogP contribution is -2.45. The molecule has 2 aliphatic heterocycles. The van der Waals surface area contributed by atoms with Gasteiger partial charge in [0.15, 0.2) is 0 Å². The van der Waals surface area contributed by atoms with Gasteiger partial charge in [-0.15, -0.1) is 0 Å². The first-order valence-corrected chi connectivity index (χ1v) is 8.88. The van der Waals surface area contributed by atoms with Crippen LogP contribution in [0.15, 0.2) is 18.2 Å². The Kier molecular flexibility index (Phi) is 5.30. The third-order valence-electron chi connectivity index (χ3n) is 5.51. The molecule has 2 saturated heterocycles. The number of urea groups is 1. The number of alkyl halides is 3. The quantitative estimate of drug-likeness (QED) is 0.721. The van der Waals surface area contributed by atoms with Gasteiger partial charge in [-0.2, -0.15) is 13.2 Å². The Balaban J connectivity index is 1.62. The number of hydrogen-bond donors (Lipinski definition) is 2. The maximum absolute atomic E-state index is 13.8. The van der Waals surface area contributed by atoms with Gasteiger partial charge in [-0.1, -0.05) is 0 Å². The predicted octanol–water partition coefficient (Wildman–Crippen LogP) is 3.76. The van der Waals surface area contributed by atoms with Crippen molar-refractivity contribution in [3.8, 4) is 0 Å². The molecule has 0 atom stereocenters. The van der Waals surface area contributed by atoms with Crippen molar-refractivity contribution in [2.24, 2.45) is 5.41 Å². The van der Waals surface area contributed by atoms with Crippen LogP contribution in [0.1, 0.15) is 37.7 Å². The lowest BCUT2D eigenvalue weighted by atomic mass is 9.73. The Morgan fingerprint density at radius 2 is 1.85 bits per heavy atom. The third kappa shape index (κ3) is 4.51. The zero-order valence-corrected chi connectivity index (χ0v) is 14.7. The molecule has 0 unspecified atom stereocenters. The SMILES string of the molecule is O=C1CCC2(CCN1)CCN(C(=O)Nc1cc(C(F)(F)F)ccc1F)CC2. The van der Waals surface area contributed by atoms with E-state index in [0.717, 1.165) is 12.8 Å². The van der Waals surface area contributed by atoms with Gasteiger partial charge in [0.2, 0.25) is 5.91 Å². The fourth-order valence-electron chi connectivity index (χ4n) is 3.73. The van der Waals surface area contributed by atoms with E-state index in [1.165, 1.54) is 4.90 Å². The smallest absolute Gasteiger partial charge is 0.356 e. The summed E-state index contributed by atoms with van der Waals surface area (Å²) in [5.74, 6) is -0.884. The number of anilines is 1. The zero-order chi connectivity index (χ0) is 19.7. The predicted molar refractivity (Wildman–Crippen MR) is 90.5 cm³/mol. The summed E-state index contributed by atoms with van der Waals surface area (Å²) in [5.41, 5.74) is -1.51. The highest BCUT2D eigenvalue weighted by molar-refractivity contribution is 5.89. The number of halogens is 4. The number of amides is 3. The van der Waals surface area contributed by atoms with Crippen LogP contribution in [-0.2, 0) is 11.0 Å². The molecular formula is C18H21F4N3O2. The Hall–Kier alpha value is -2.32. The van der Waals surface area contributed by atoms with Crippen LogP contribution < -0.4 is 10.6 Å². The van der Waals surface area contributed by atoms with E-state index in [1.54, 1.807) is 0 Å². The number of nitrogens with one attached hydrogen (secondary N) is 2. The highest BCUT2D eigenvalue weighted by Gasteiger charge is 2.37. The summed E-state index contributed by atoms with van der Waals surface area (Å²) in [6.45, 7) is 1.45. The Bertz CT molecular complexity index is 728. The molecule has 27 heavy (non-hydrogen) atoms. The van der Waals surface area contributed by atoms with Gasteiger partial charge < -0.3 is 15.5 Å². The van der Waals surface area contributed by atoms with Crippen molar-refractivity contribution in [2.45, 2.75) is 38.3 Å². The summed E-state index contributed by atoms with van der Waals surface area (Å²) in [6.07, 6.45) is -1.13. The summed E-state index contributed by atoms with van der Waals surface area (Å²) < 4.78 is 52.2. The number of carbonyl (C=O) groups excluding carboxylic acids is 2. The van der Waals surface area contributed by atoms with E-state index in [0.29, 0.717) is 57.1 Å². The number of carbonyl (C=O) groups is 2. The van der Waals surface area contributed by atoms with Crippen molar-refractivity contribution in [3.63, 3.8) is 0 Å². The molecule has 0 saturated carbocycles. The molecule has 9 heteroatoms. The molecule has 5 nitrogen and oxygen atoms in total. The molecule has 2 aliphatic rings. The van der Waals surface area contributed by atoms with Crippen molar-refractivity contribution in [1.29, 1.82) is 0 Å². The fourth-order valence-corrected chi connectivity index (χ4v) is 3.73. The molecule has 0 bridgehead atoms. The Morgan fingerprint density at radius 3 is 2.52 bits per heavy atom. The minimum Gasteiger partial charge on any atom is -0.356 e. The van der Waals surface area contributed by atoms with Gasteiger partial charge in [-0.25, -0.2) is 9.18 Å². The molecular weight excluding hydrogens is 366 g/mol. The van der Waals surface area contributed by atoms with Gasteiger partial charge >= 0.3 is 12.2 Å². The average molecular weight is 387 g/mol. The van der Waals surface area contributed by atoms with Crippen LogP contribution in [0.4, 0.5) is 28.0 Å². The molecule has 3 rings (SSSR count). The van der Waals surface area contributed by atoms with Crippen molar-refractivity contribution in [1.82, 2.24) is 10.2 Å². The van der Waals surface area contributed by atoms with Gasteiger partial charge in [-0.3, -0.25) is 4.79 Å². The van der Waals surface area contributed by atoms with Crippen LogP contribution >= 0.6 is 0 Å². The molecule has 1 aromatic rings. The molecule has 1 aromatic carbocycles. The van der Waals surface area contributed by atoms with E-state index in [4.69, 9.17) is 0 Å². The van der Waals surface area contributed by atoms with Crippen LogP contribution in [0.25, 0.3) is 0 Å². The minimum absolute atomic E-state index is 0.00259. The van der Waals surface area contributed by atoms with Gasteiger partial charge in [0.05, 0.1) is 11.3 Å². The van der Waals surface area contributed by atoms with E-state index < -0.39 is 29.3 Å². The number of benzene rings is 1. The highest BCUT2D eigenvalue weighted by atomic mass is 19.4. The van der Waals surface area contributed by atoms with Gasteiger partial charge in [0.25, 0.3) is 0 Å². The van der Waals surface area contributed by atoms with E-state index in [2.05, 4.69) is 10.6 Å². The minimum atomic E-state index is -4.62. The van der Waals surface area contributed by atoms with Crippen molar-refractivity contribution >= 4 is 17.6 Å². The first-order valence-electron chi connectivity index (χ1n) is 8.88. The monoisotopic (exact) mass is 387 g/mol. The second-order valence-corrected chi connectivity index (χ2v) is 7.21. The average Bonchev–Trinajstić information content (AvgIpc) is 2.78. The molecule has 2 fully saturated rings. The lowest BCUT2D eigenvalue weighted by molar-refractivity contribution is -0.137. The summed E-state index contributed by atoms with van der Waals surface area (Å²) in [5, 5.41) is 5.09. The topological polar surface area (TPSA) is 61.4 Å². The summed E-state index contributed by atoms with van der Waals surface area (Å²) in [4.78, 5) is 25.4. The molecule has 0 aliphatic carbocycles. The second kappa shape index (κ2) is 7.36. The van der Waals surface area contributed by atoms with Crippen molar-refractivity contribution < 1.29 is 27.2 Å². The number of likely N-dealkylation sites (tertiary alicyclic amines) is 1. The first-order chi connectivity index (χ1) is 12.7. The molecule has 0 aromatic heterocycles. The highest BCUT2D eigenvalue weighted by Crippen LogP contribution is 2.40. The fraction of sp³-hybridized carbons (Fsp3) is 0.556. The number of piperidine rings is 1. The van der Waals surface area contributed by atoms with Crippen molar-refractivity contribution in [3.05, 3.63) is 29.6 Å². The van der Waals surface area contributed by atoms with Crippen LogP contribution in [0.5, 0.6) is 0 Å². The number of rotatable bonds is 1. The van der Waals surface area contributed by atoms with Gasteiger partial charge in [-0.05, 0) is 49.3 Å². The van der Waals surface area contributed by atoms with Crippen LogP contribution in [0.3, 0.4) is 0 Å². The third-order valence-corrected chi connectivity index (χ3v) is 5.51. The summed E-state index contributed by atoms with van der Waals surface area (Å²) in [7, 11) is 0. The number of nitrogens with zero attached hydrogens (tertiary/aromatic N) is 1. The zero-order valence-electron chi connectivity index (χ0n) is 14.7. The summed E-state index contributed by atoms with van der Waals surface area (Å²) >= 11 is 0. The Labute approximate surface area is 154 Å². The lowest BCUT2D eigenvalue weighted by Gasteiger charge is -2.41. The molecule has 3 amide bonds. The first kappa shape index (κ1) is 19.4. The van der Waals surface area contributed by atoms with E-state index in [1.807, 2.05) is 0 Å². The van der Waals surface area contributed by atoms with Crippen molar-refractivity contribution in [2.75, 3.05) is 25.0 Å². The van der Waals surface area contributed by atoms with E-state index in [9.17, 15) is 27.2 Å². The van der Waals surface area contributed by atoms with Crippen LogP contribution in [-0.4, -0.2) is 36.5 Å². The maximum Gasteiger partial charge on any atom is 0.416 e. The van der Waals surface area contributed by atoms with E-state index >= 15 is 0 Å². The summed E-state index contributed by atoms with van der Waals surface area (Å²) in [6, 6.07) is 1.31. The normalized spacial score (nSPS) is 20.1.